The van der Waals surface area contributed by atoms with E-state index in [1.165, 1.54) is 0 Å². The molecular formula is C14H25BN4O3. The van der Waals surface area contributed by atoms with E-state index >= 15 is 0 Å². The molecule has 5 N–H and O–H groups in total. The Hall–Kier alpha value is -1.54. The van der Waals surface area contributed by atoms with Crippen LogP contribution in [0.4, 0.5) is 0 Å². The fraction of sp³-hybridized carbons (Fsp3) is 0.714. The van der Waals surface area contributed by atoms with Gasteiger partial charge < -0.3 is 15.9 Å². The highest BCUT2D eigenvalue weighted by Crippen LogP contribution is 2.20. The lowest BCUT2D eigenvalue weighted by Crippen LogP contribution is -2.50. The summed E-state index contributed by atoms with van der Waals surface area (Å²) in [6, 6.07) is 0. The highest BCUT2D eigenvalue weighted by molar-refractivity contribution is 6.08. The third-order valence-electron chi connectivity index (χ3n) is 4.55. The number of unbranched alkanes of at least 4 members (excludes halogenated alkanes) is 1. The van der Waals surface area contributed by atoms with Crippen molar-refractivity contribution in [2.45, 2.75) is 50.5 Å². The zero-order valence-electron chi connectivity index (χ0n) is 13.2. The van der Waals surface area contributed by atoms with E-state index in [0.29, 0.717) is 25.9 Å². The highest BCUT2D eigenvalue weighted by Gasteiger charge is 2.34. The molecule has 2 heterocycles. The molecule has 0 saturated carbocycles. The van der Waals surface area contributed by atoms with Gasteiger partial charge in [-0.25, -0.2) is 0 Å². The van der Waals surface area contributed by atoms with E-state index < -0.39 is 11.5 Å². The van der Waals surface area contributed by atoms with Crippen molar-refractivity contribution < 1.29 is 9.90 Å². The van der Waals surface area contributed by atoms with Crippen LogP contribution in [-0.4, -0.2) is 52.6 Å². The number of rotatable bonds is 8. The van der Waals surface area contributed by atoms with Crippen molar-refractivity contribution in [1.82, 2.24) is 15.1 Å². The van der Waals surface area contributed by atoms with Gasteiger partial charge in [0.15, 0.2) is 0 Å². The fourth-order valence-corrected chi connectivity index (χ4v) is 2.95. The fourth-order valence-electron chi connectivity index (χ4n) is 2.95. The van der Waals surface area contributed by atoms with Gasteiger partial charge in [0.1, 0.15) is 13.4 Å². The first-order chi connectivity index (χ1) is 10.5. The summed E-state index contributed by atoms with van der Waals surface area (Å²) in [6.45, 7) is 1.96. The zero-order chi connectivity index (χ0) is 16.2. The lowest BCUT2D eigenvalue weighted by Gasteiger charge is -2.31. The monoisotopic (exact) mass is 308 g/mol. The van der Waals surface area contributed by atoms with Gasteiger partial charge in [0.05, 0.1) is 5.56 Å². The first-order valence-corrected chi connectivity index (χ1v) is 7.99. The van der Waals surface area contributed by atoms with Gasteiger partial charge in [-0.15, -0.1) is 0 Å². The van der Waals surface area contributed by atoms with Crippen LogP contribution >= 0.6 is 0 Å². The van der Waals surface area contributed by atoms with Gasteiger partial charge >= 0.3 is 5.97 Å². The molecule has 1 aromatic heterocycles. The number of H-pyrrole nitrogens is 2. The van der Waals surface area contributed by atoms with Gasteiger partial charge in [-0.05, 0) is 12.8 Å². The number of aromatic amines is 2. The number of carbonyl (C=O) groups is 1. The van der Waals surface area contributed by atoms with E-state index in [1.54, 1.807) is 0 Å². The Kier molecular flexibility index (Phi) is 5.47. The average Bonchev–Trinajstić information content (AvgIpc) is 2.86. The molecule has 8 heteroatoms. The number of carboxylic acids is 1. The van der Waals surface area contributed by atoms with E-state index in [9.17, 15) is 14.7 Å². The van der Waals surface area contributed by atoms with Crippen molar-refractivity contribution in [2.75, 3.05) is 13.1 Å². The molecule has 1 aliphatic rings. The molecule has 22 heavy (non-hydrogen) atoms. The molecule has 1 unspecified atom stereocenters. The van der Waals surface area contributed by atoms with E-state index in [1.807, 2.05) is 0 Å². The Balaban J connectivity index is 1.91. The molecule has 0 spiro atoms. The summed E-state index contributed by atoms with van der Waals surface area (Å²) in [4.78, 5) is 25.3. The summed E-state index contributed by atoms with van der Waals surface area (Å²) in [5, 5.41) is 14.9. The Morgan fingerprint density at radius 1 is 1.36 bits per heavy atom. The molecule has 0 bridgehead atoms. The van der Waals surface area contributed by atoms with Crippen LogP contribution in [0.2, 0.25) is 6.32 Å². The maximum atomic E-state index is 11.7. The summed E-state index contributed by atoms with van der Waals surface area (Å²) in [5.41, 5.74) is 6.57. The number of aromatic nitrogens is 2. The second-order valence-electron chi connectivity index (χ2n) is 6.23. The normalized spacial score (nSPS) is 17.9. The third kappa shape index (κ3) is 3.81. The first kappa shape index (κ1) is 16.8. The Morgan fingerprint density at radius 2 is 2.14 bits per heavy atom. The molecular weight excluding hydrogens is 283 g/mol. The van der Waals surface area contributed by atoms with E-state index in [2.05, 4.69) is 22.9 Å². The van der Waals surface area contributed by atoms with Gasteiger partial charge in [0.2, 0.25) is 0 Å². The highest BCUT2D eigenvalue weighted by atomic mass is 16.4. The predicted octanol–water partition coefficient (Wildman–Crippen LogP) is -0.545. The van der Waals surface area contributed by atoms with E-state index in [4.69, 9.17) is 5.73 Å². The maximum absolute atomic E-state index is 11.7. The molecule has 1 aromatic rings. The molecule has 7 nitrogen and oxygen atoms in total. The average molecular weight is 308 g/mol. The van der Waals surface area contributed by atoms with Crippen molar-refractivity contribution >= 4 is 13.8 Å². The lowest BCUT2D eigenvalue weighted by atomic mass is 9.87. The third-order valence-corrected chi connectivity index (χ3v) is 4.55. The number of nitrogens with two attached hydrogens (primary N) is 1. The second-order valence-corrected chi connectivity index (χ2v) is 6.23. The van der Waals surface area contributed by atoms with Crippen LogP contribution in [0.25, 0.3) is 0 Å². The minimum absolute atomic E-state index is 0.0834. The molecule has 1 atom stereocenters. The SMILES string of the molecule is BCCCCC(N)(CCN1CCc2[nH][nH]c(=O)c2C1)C(=O)O. The Bertz CT molecular complexity index is 571. The number of hydrogen-bond donors (Lipinski definition) is 4. The minimum Gasteiger partial charge on any atom is -0.480 e. The van der Waals surface area contributed by atoms with Gasteiger partial charge in [-0.2, -0.15) is 0 Å². The van der Waals surface area contributed by atoms with Crippen LogP contribution in [-0.2, 0) is 17.8 Å². The zero-order valence-corrected chi connectivity index (χ0v) is 13.2. The van der Waals surface area contributed by atoms with Gasteiger partial charge in [0, 0.05) is 31.7 Å². The van der Waals surface area contributed by atoms with Crippen LogP contribution in [0, 0.1) is 0 Å². The summed E-state index contributed by atoms with van der Waals surface area (Å²) in [5.74, 6) is -0.930. The summed E-state index contributed by atoms with van der Waals surface area (Å²) >= 11 is 0. The first-order valence-electron chi connectivity index (χ1n) is 7.99. The molecule has 1 aliphatic heterocycles. The molecule has 0 aromatic carbocycles. The quantitative estimate of drug-likeness (QED) is 0.380. The van der Waals surface area contributed by atoms with Crippen LogP contribution in [0.5, 0.6) is 0 Å². The van der Waals surface area contributed by atoms with Gasteiger partial charge in [0.25, 0.3) is 5.56 Å². The van der Waals surface area contributed by atoms with Crippen molar-refractivity contribution in [3.63, 3.8) is 0 Å². The van der Waals surface area contributed by atoms with Crippen LogP contribution < -0.4 is 11.3 Å². The minimum atomic E-state index is -1.17. The molecule has 0 saturated heterocycles. The summed E-state index contributed by atoms with van der Waals surface area (Å²) in [6.07, 6.45) is 4.55. The molecule has 0 amide bonds. The molecule has 0 radical (unpaired) electrons. The topological polar surface area (TPSA) is 115 Å². The smallest absolute Gasteiger partial charge is 0.323 e. The largest absolute Gasteiger partial charge is 0.480 e. The second kappa shape index (κ2) is 7.15. The number of nitrogens with zero attached hydrogens (tertiary/aromatic N) is 1. The van der Waals surface area contributed by atoms with Crippen LogP contribution in [0.3, 0.4) is 0 Å². The summed E-state index contributed by atoms with van der Waals surface area (Å²) < 4.78 is 0. The number of hydrogen-bond acceptors (Lipinski definition) is 4. The summed E-state index contributed by atoms with van der Waals surface area (Å²) in [7, 11) is 2.08. The van der Waals surface area contributed by atoms with Crippen LogP contribution in [0.15, 0.2) is 4.79 Å². The standard InChI is InChI=1S/C14H25BN4O3/c15-6-2-1-4-14(16,13(21)22)5-8-19-7-3-11-10(9-19)12(20)18-17-11/h1-9,15-16H2,(H,21,22)(H2,17,18,20). The number of carboxylic acid groups (broad SMARTS) is 1. The Labute approximate surface area is 130 Å². The van der Waals surface area contributed by atoms with Crippen molar-refractivity contribution in [3.05, 3.63) is 21.6 Å². The number of nitrogens with one attached hydrogen (secondary N) is 2. The number of aliphatic carboxylic acids is 1. The molecule has 2 rings (SSSR count). The maximum Gasteiger partial charge on any atom is 0.323 e. The predicted molar refractivity (Wildman–Crippen MR) is 86.8 cm³/mol. The van der Waals surface area contributed by atoms with Gasteiger partial charge in [-0.1, -0.05) is 19.2 Å². The van der Waals surface area contributed by atoms with Crippen molar-refractivity contribution in [3.8, 4) is 0 Å². The number of fused-ring (bicyclic) bond motifs is 1. The Morgan fingerprint density at radius 3 is 2.82 bits per heavy atom. The van der Waals surface area contributed by atoms with Crippen molar-refractivity contribution in [2.24, 2.45) is 5.73 Å². The van der Waals surface area contributed by atoms with E-state index in [-0.39, 0.29) is 5.56 Å². The van der Waals surface area contributed by atoms with Crippen LogP contribution in [0.1, 0.15) is 36.9 Å². The molecule has 0 fully saturated rings. The van der Waals surface area contributed by atoms with Crippen molar-refractivity contribution in [1.29, 1.82) is 0 Å². The van der Waals surface area contributed by atoms with Gasteiger partial charge in [-0.3, -0.25) is 19.6 Å². The molecule has 0 aliphatic carbocycles. The lowest BCUT2D eigenvalue weighted by molar-refractivity contribution is -0.144. The molecule has 122 valence electrons. The van der Waals surface area contributed by atoms with E-state index in [0.717, 1.165) is 43.4 Å².